The van der Waals surface area contributed by atoms with Crippen LogP contribution in [0.15, 0.2) is 60.4 Å². The highest BCUT2D eigenvalue weighted by Gasteiger charge is 2.29. The summed E-state index contributed by atoms with van der Waals surface area (Å²) in [5, 5.41) is 0. The molecule has 22 heavy (non-hydrogen) atoms. The van der Waals surface area contributed by atoms with Crippen molar-refractivity contribution in [2.45, 2.75) is 13.3 Å². The number of hydrogen-bond donors (Lipinski definition) is 0. The number of hydrogen-bond acceptors (Lipinski definition) is 4. The molecule has 4 nitrogen and oxygen atoms in total. The maximum Gasteiger partial charge on any atom is 0.211 e. The number of carbonyl (C=O) groups excluding carboxylic acids is 2. The second-order valence-electron chi connectivity index (χ2n) is 5.11. The molecule has 0 unspecified atom stereocenters. The molecule has 1 aliphatic carbocycles. The largest absolute Gasteiger partial charge is 0.338 e. The molecule has 0 aliphatic heterocycles. The Balaban J connectivity index is 2.06. The summed E-state index contributed by atoms with van der Waals surface area (Å²) in [6.45, 7) is 2.71. The van der Waals surface area contributed by atoms with Crippen molar-refractivity contribution in [2.24, 2.45) is 0 Å². The normalized spacial score (nSPS) is 13.6. The SMILES string of the molecule is CCCN(C1=CC(=O)c2ncccc2C1=O)c1ccccc1. The Bertz CT molecular complexity index is 751. The van der Waals surface area contributed by atoms with Gasteiger partial charge in [0.2, 0.25) is 11.6 Å². The summed E-state index contributed by atoms with van der Waals surface area (Å²) in [7, 11) is 0. The van der Waals surface area contributed by atoms with E-state index in [2.05, 4.69) is 4.98 Å². The van der Waals surface area contributed by atoms with Gasteiger partial charge in [0.05, 0.1) is 11.3 Å². The molecule has 110 valence electrons. The van der Waals surface area contributed by atoms with Crippen LogP contribution in [0.3, 0.4) is 0 Å². The fourth-order valence-electron chi connectivity index (χ4n) is 2.60. The quantitative estimate of drug-likeness (QED) is 0.868. The van der Waals surface area contributed by atoms with Gasteiger partial charge in [0.15, 0.2) is 0 Å². The van der Waals surface area contributed by atoms with Crippen LogP contribution in [0.2, 0.25) is 0 Å². The van der Waals surface area contributed by atoms with Gasteiger partial charge >= 0.3 is 0 Å². The van der Waals surface area contributed by atoms with Crippen LogP contribution in [0.25, 0.3) is 0 Å². The molecule has 2 aromatic rings. The maximum atomic E-state index is 12.7. The molecule has 1 aliphatic rings. The van der Waals surface area contributed by atoms with E-state index < -0.39 is 0 Å². The highest BCUT2D eigenvalue weighted by atomic mass is 16.1. The monoisotopic (exact) mass is 292 g/mol. The topological polar surface area (TPSA) is 50.3 Å². The summed E-state index contributed by atoms with van der Waals surface area (Å²) in [4.78, 5) is 30.9. The second kappa shape index (κ2) is 5.93. The molecular formula is C18H16N2O2. The average molecular weight is 292 g/mol. The molecule has 0 N–H and O–H groups in total. The van der Waals surface area contributed by atoms with Gasteiger partial charge in [-0.2, -0.15) is 0 Å². The van der Waals surface area contributed by atoms with Crippen molar-refractivity contribution < 1.29 is 9.59 Å². The average Bonchev–Trinajstić information content (AvgIpc) is 2.57. The second-order valence-corrected chi connectivity index (χ2v) is 5.11. The maximum absolute atomic E-state index is 12.7. The molecule has 0 saturated carbocycles. The van der Waals surface area contributed by atoms with E-state index in [0.29, 0.717) is 17.8 Å². The van der Waals surface area contributed by atoms with Crippen LogP contribution in [-0.4, -0.2) is 23.1 Å². The van der Waals surface area contributed by atoms with Crippen molar-refractivity contribution in [2.75, 3.05) is 11.4 Å². The van der Waals surface area contributed by atoms with Crippen molar-refractivity contribution in [1.82, 2.24) is 4.98 Å². The van der Waals surface area contributed by atoms with Crippen molar-refractivity contribution in [3.8, 4) is 0 Å². The third kappa shape index (κ3) is 2.44. The van der Waals surface area contributed by atoms with Gasteiger partial charge < -0.3 is 4.90 Å². The van der Waals surface area contributed by atoms with Gasteiger partial charge in [-0.15, -0.1) is 0 Å². The van der Waals surface area contributed by atoms with Crippen LogP contribution in [-0.2, 0) is 0 Å². The van der Waals surface area contributed by atoms with Gasteiger partial charge in [0.1, 0.15) is 5.69 Å². The lowest BCUT2D eigenvalue weighted by atomic mass is 9.96. The zero-order valence-corrected chi connectivity index (χ0v) is 12.3. The highest BCUT2D eigenvalue weighted by Crippen LogP contribution is 2.26. The van der Waals surface area contributed by atoms with Crippen molar-refractivity contribution in [3.63, 3.8) is 0 Å². The van der Waals surface area contributed by atoms with E-state index in [1.807, 2.05) is 42.2 Å². The minimum atomic E-state index is -0.220. The van der Waals surface area contributed by atoms with E-state index in [9.17, 15) is 9.59 Å². The molecule has 1 heterocycles. The summed E-state index contributed by atoms with van der Waals surface area (Å²) in [5.41, 5.74) is 1.94. The number of Topliss-reactive ketones (excluding diaryl/α,β-unsaturated/α-hetero) is 1. The van der Waals surface area contributed by atoms with Crippen LogP contribution in [0.1, 0.15) is 34.2 Å². The fraction of sp³-hybridized carbons (Fsp3) is 0.167. The number of para-hydroxylation sites is 1. The summed E-state index contributed by atoms with van der Waals surface area (Å²) in [5.74, 6) is -0.373. The number of rotatable bonds is 4. The minimum Gasteiger partial charge on any atom is -0.338 e. The number of fused-ring (bicyclic) bond motifs is 1. The van der Waals surface area contributed by atoms with E-state index in [0.717, 1.165) is 12.1 Å². The Morgan fingerprint density at radius 2 is 1.82 bits per heavy atom. The molecular weight excluding hydrogens is 276 g/mol. The van der Waals surface area contributed by atoms with Crippen LogP contribution >= 0.6 is 0 Å². The molecule has 1 aromatic heterocycles. The number of anilines is 1. The number of nitrogens with zero attached hydrogens (tertiary/aromatic N) is 2. The summed E-state index contributed by atoms with van der Waals surface area (Å²) < 4.78 is 0. The molecule has 0 spiro atoms. The lowest BCUT2D eigenvalue weighted by Gasteiger charge is -2.28. The van der Waals surface area contributed by atoms with Crippen LogP contribution in [0.4, 0.5) is 5.69 Å². The van der Waals surface area contributed by atoms with Gasteiger partial charge in [0, 0.05) is 24.5 Å². The molecule has 3 rings (SSSR count). The first-order valence-electron chi connectivity index (χ1n) is 7.30. The summed E-state index contributed by atoms with van der Waals surface area (Å²) in [6, 6.07) is 13.0. The number of allylic oxidation sites excluding steroid dienone is 2. The summed E-state index contributed by atoms with van der Waals surface area (Å²) in [6.07, 6.45) is 3.80. The number of pyridine rings is 1. The lowest BCUT2D eigenvalue weighted by molar-refractivity contribution is 0.0978. The molecule has 0 saturated heterocycles. The first-order valence-corrected chi connectivity index (χ1v) is 7.30. The molecule has 0 fully saturated rings. The molecule has 0 amide bonds. The van der Waals surface area contributed by atoms with E-state index in [-0.39, 0.29) is 17.3 Å². The Hall–Kier alpha value is -2.75. The molecule has 0 atom stereocenters. The Morgan fingerprint density at radius 1 is 1.05 bits per heavy atom. The van der Waals surface area contributed by atoms with Gasteiger partial charge in [-0.1, -0.05) is 25.1 Å². The van der Waals surface area contributed by atoms with Gasteiger partial charge in [-0.25, -0.2) is 0 Å². The molecule has 0 radical (unpaired) electrons. The molecule has 0 bridgehead atoms. The number of aromatic nitrogens is 1. The third-order valence-electron chi connectivity index (χ3n) is 3.59. The number of carbonyl (C=O) groups is 2. The van der Waals surface area contributed by atoms with Crippen molar-refractivity contribution in [3.05, 3.63) is 71.7 Å². The van der Waals surface area contributed by atoms with Crippen molar-refractivity contribution in [1.29, 1.82) is 0 Å². The van der Waals surface area contributed by atoms with E-state index >= 15 is 0 Å². The zero-order valence-electron chi connectivity index (χ0n) is 12.3. The minimum absolute atomic E-state index is 0.153. The summed E-state index contributed by atoms with van der Waals surface area (Å²) >= 11 is 0. The van der Waals surface area contributed by atoms with Gasteiger partial charge in [-0.05, 0) is 30.7 Å². The number of ketones is 2. The lowest BCUT2D eigenvalue weighted by Crippen LogP contribution is -2.32. The van der Waals surface area contributed by atoms with Crippen LogP contribution in [0.5, 0.6) is 0 Å². The van der Waals surface area contributed by atoms with E-state index in [4.69, 9.17) is 0 Å². The third-order valence-corrected chi connectivity index (χ3v) is 3.59. The molecule has 1 aromatic carbocycles. The Kier molecular flexibility index (Phi) is 3.83. The van der Waals surface area contributed by atoms with Crippen LogP contribution in [0, 0.1) is 0 Å². The van der Waals surface area contributed by atoms with Gasteiger partial charge in [0.25, 0.3) is 0 Å². The smallest absolute Gasteiger partial charge is 0.211 e. The standard InChI is InChI=1S/C18H16N2O2/c1-2-11-20(13-7-4-3-5-8-13)15-12-16(21)17-14(18(15)22)9-6-10-19-17/h3-10,12H,2,11H2,1H3. The Labute approximate surface area is 129 Å². The predicted octanol–water partition coefficient (Wildman–Crippen LogP) is 3.26. The zero-order chi connectivity index (χ0) is 15.5. The van der Waals surface area contributed by atoms with Crippen molar-refractivity contribution >= 4 is 17.3 Å². The highest BCUT2D eigenvalue weighted by molar-refractivity contribution is 6.24. The first-order chi connectivity index (χ1) is 10.7. The fourth-order valence-corrected chi connectivity index (χ4v) is 2.60. The first kappa shape index (κ1) is 14.2. The number of benzene rings is 1. The Morgan fingerprint density at radius 3 is 2.55 bits per heavy atom. The molecule has 4 heteroatoms. The van der Waals surface area contributed by atoms with Gasteiger partial charge in [-0.3, -0.25) is 14.6 Å². The van der Waals surface area contributed by atoms with E-state index in [1.165, 1.54) is 12.3 Å². The van der Waals surface area contributed by atoms with Crippen LogP contribution < -0.4 is 4.90 Å². The predicted molar refractivity (Wildman–Crippen MR) is 85.1 cm³/mol. The van der Waals surface area contributed by atoms with E-state index in [1.54, 1.807) is 12.1 Å².